The molecule has 1 fully saturated rings. The van der Waals surface area contributed by atoms with Gasteiger partial charge < -0.3 is 14.4 Å². The minimum atomic E-state index is -0.454. The largest absolute Gasteiger partial charge is 0.481 e. The third kappa shape index (κ3) is 3.70. The van der Waals surface area contributed by atoms with Crippen molar-refractivity contribution in [2.45, 2.75) is 26.4 Å². The molecule has 2 rings (SSSR count). The number of aryl methyl sites for hydroxylation is 1. The van der Waals surface area contributed by atoms with Crippen LogP contribution in [0, 0.1) is 0 Å². The summed E-state index contributed by atoms with van der Waals surface area (Å²) in [6, 6.07) is 7.90. The molecule has 1 unspecified atom stereocenters. The van der Waals surface area contributed by atoms with Crippen molar-refractivity contribution >= 4 is 5.91 Å². The molecule has 1 atom stereocenters. The second-order valence-corrected chi connectivity index (χ2v) is 4.70. The van der Waals surface area contributed by atoms with Gasteiger partial charge in [-0.2, -0.15) is 0 Å². The van der Waals surface area contributed by atoms with E-state index in [-0.39, 0.29) is 5.91 Å². The average Bonchev–Trinajstić information content (AvgIpc) is 2.47. The number of ether oxygens (including phenoxy) is 2. The molecular weight excluding hydrogens is 242 g/mol. The van der Waals surface area contributed by atoms with Crippen molar-refractivity contribution in [3.8, 4) is 5.75 Å². The summed E-state index contributed by atoms with van der Waals surface area (Å²) in [6.07, 6.45) is 0.508. The Morgan fingerprint density at radius 1 is 1.42 bits per heavy atom. The highest BCUT2D eigenvalue weighted by Gasteiger charge is 2.23. The summed E-state index contributed by atoms with van der Waals surface area (Å²) in [5.74, 6) is 0.790. The molecule has 0 N–H and O–H groups in total. The first-order valence-electron chi connectivity index (χ1n) is 6.83. The molecule has 0 bridgehead atoms. The fraction of sp³-hybridized carbons (Fsp3) is 0.533. The highest BCUT2D eigenvalue weighted by atomic mass is 16.5. The minimum Gasteiger partial charge on any atom is -0.481 e. The lowest BCUT2D eigenvalue weighted by molar-refractivity contribution is -0.142. The van der Waals surface area contributed by atoms with Crippen LogP contribution in [-0.4, -0.2) is 43.2 Å². The van der Waals surface area contributed by atoms with E-state index in [1.54, 1.807) is 11.8 Å². The first-order valence-corrected chi connectivity index (χ1v) is 6.83. The van der Waals surface area contributed by atoms with E-state index in [0.717, 1.165) is 12.2 Å². The van der Waals surface area contributed by atoms with E-state index in [1.165, 1.54) is 5.56 Å². The van der Waals surface area contributed by atoms with Crippen molar-refractivity contribution < 1.29 is 14.3 Å². The lowest BCUT2D eigenvalue weighted by Gasteiger charge is -2.29. The number of nitrogens with zero attached hydrogens (tertiary/aromatic N) is 1. The van der Waals surface area contributed by atoms with Gasteiger partial charge in [0, 0.05) is 13.1 Å². The lowest BCUT2D eigenvalue weighted by atomic mass is 10.2. The van der Waals surface area contributed by atoms with Gasteiger partial charge in [-0.3, -0.25) is 4.79 Å². The molecular formula is C15H21NO3. The maximum atomic E-state index is 12.2. The normalized spacial score (nSPS) is 17.1. The van der Waals surface area contributed by atoms with Gasteiger partial charge in [-0.05, 0) is 31.0 Å². The predicted molar refractivity (Wildman–Crippen MR) is 73.3 cm³/mol. The molecule has 1 aromatic carbocycles. The van der Waals surface area contributed by atoms with Crippen LogP contribution in [-0.2, 0) is 16.0 Å². The van der Waals surface area contributed by atoms with Crippen LogP contribution >= 0.6 is 0 Å². The molecule has 0 aliphatic carbocycles. The van der Waals surface area contributed by atoms with Crippen LogP contribution in [0.15, 0.2) is 24.3 Å². The van der Waals surface area contributed by atoms with Crippen LogP contribution in [0.1, 0.15) is 19.4 Å². The maximum absolute atomic E-state index is 12.2. The van der Waals surface area contributed by atoms with E-state index in [1.807, 2.05) is 18.2 Å². The van der Waals surface area contributed by atoms with E-state index >= 15 is 0 Å². The van der Waals surface area contributed by atoms with Crippen LogP contribution in [0.25, 0.3) is 0 Å². The molecule has 1 aromatic rings. The minimum absolute atomic E-state index is 0.0326. The maximum Gasteiger partial charge on any atom is 0.263 e. The Morgan fingerprint density at radius 3 is 2.84 bits per heavy atom. The topological polar surface area (TPSA) is 38.8 Å². The highest BCUT2D eigenvalue weighted by molar-refractivity contribution is 5.81. The molecule has 0 spiro atoms. The van der Waals surface area contributed by atoms with Crippen LogP contribution < -0.4 is 4.74 Å². The lowest BCUT2D eigenvalue weighted by Crippen LogP contribution is -2.46. The fourth-order valence-corrected chi connectivity index (χ4v) is 2.13. The number of hydrogen-bond donors (Lipinski definition) is 0. The molecule has 4 heteroatoms. The van der Waals surface area contributed by atoms with E-state index in [4.69, 9.17) is 9.47 Å². The van der Waals surface area contributed by atoms with Gasteiger partial charge in [0.25, 0.3) is 5.91 Å². The predicted octanol–water partition coefficient (Wildman–Crippen LogP) is 1.88. The van der Waals surface area contributed by atoms with Gasteiger partial charge in [-0.25, -0.2) is 0 Å². The number of hydrogen-bond acceptors (Lipinski definition) is 3. The van der Waals surface area contributed by atoms with E-state index < -0.39 is 6.10 Å². The van der Waals surface area contributed by atoms with Crippen LogP contribution in [0.5, 0.6) is 5.75 Å². The Hall–Kier alpha value is -1.55. The monoisotopic (exact) mass is 263 g/mol. The fourth-order valence-electron chi connectivity index (χ4n) is 2.13. The Labute approximate surface area is 114 Å². The number of benzene rings is 1. The molecule has 0 saturated carbocycles. The first kappa shape index (κ1) is 13.9. The summed E-state index contributed by atoms with van der Waals surface area (Å²) in [7, 11) is 0. The van der Waals surface area contributed by atoms with Gasteiger partial charge >= 0.3 is 0 Å². The summed E-state index contributed by atoms with van der Waals surface area (Å²) in [4.78, 5) is 14.0. The number of rotatable bonds is 4. The Balaban J connectivity index is 1.95. The van der Waals surface area contributed by atoms with Gasteiger partial charge in [0.05, 0.1) is 13.2 Å². The second kappa shape index (κ2) is 6.57. The molecule has 0 radical (unpaired) electrons. The standard InChI is InChI=1S/C15H21NO3/c1-3-13-5-4-6-14(11-13)19-12(2)15(17)16-7-9-18-10-8-16/h4-6,11-12H,3,7-10H2,1-2H3. The molecule has 0 aromatic heterocycles. The van der Waals surface area contributed by atoms with Crippen molar-refractivity contribution in [3.05, 3.63) is 29.8 Å². The van der Waals surface area contributed by atoms with E-state index in [0.29, 0.717) is 26.3 Å². The van der Waals surface area contributed by atoms with Gasteiger partial charge in [-0.15, -0.1) is 0 Å². The molecule has 4 nitrogen and oxygen atoms in total. The zero-order chi connectivity index (χ0) is 13.7. The van der Waals surface area contributed by atoms with Crippen molar-refractivity contribution in [1.29, 1.82) is 0 Å². The summed E-state index contributed by atoms with van der Waals surface area (Å²) < 4.78 is 11.0. The smallest absolute Gasteiger partial charge is 0.263 e. The van der Waals surface area contributed by atoms with E-state index in [2.05, 4.69) is 13.0 Å². The number of carbonyl (C=O) groups excluding carboxylic acids is 1. The van der Waals surface area contributed by atoms with Gasteiger partial charge in [0.15, 0.2) is 6.10 Å². The molecule has 1 aliphatic heterocycles. The molecule has 19 heavy (non-hydrogen) atoms. The van der Waals surface area contributed by atoms with Gasteiger partial charge in [-0.1, -0.05) is 19.1 Å². The SMILES string of the molecule is CCc1cccc(OC(C)C(=O)N2CCOCC2)c1. The summed E-state index contributed by atoms with van der Waals surface area (Å²) >= 11 is 0. The summed E-state index contributed by atoms with van der Waals surface area (Å²) in [6.45, 7) is 6.44. The third-order valence-electron chi connectivity index (χ3n) is 3.29. The van der Waals surface area contributed by atoms with Gasteiger partial charge in [0.1, 0.15) is 5.75 Å². The van der Waals surface area contributed by atoms with Crippen molar-refractivity contribution in [2.75, 3.05) is 26.3 Å². The van der Waals surface area contributed by atoms with Crippen molar-refractivity contribution in [3.63, 3.8) is 0 Å². The van der Waals surface area contributed by atoms with Crippen LogP contribution in [0.4, 0.5) is 0 Å². The number of morpholine rings is 1. The Bertz CT molecular complexity index is 427. The van der Waals surface area contributed by atoms with Crippen LogP contribution in [0.2, 0.25) is 0 Å². The Morgan fingerprint density at radius 2 is 2.16 bits per heavy atom. The highest BCUT2D eigenvalue weighted by Crippen LogP contribution is 2.16. The Kier molecular flexibility index (Phi) is 4.80. The zero-order valence-corrected chi connectivity index (χ0v) is 11.6. The first-order chi connectivity index (χ1) is 9.20. The molecule has 1 amide bonds. The van der Waals surface area contributed by atoms with Crippen LogP contribution in [0.3, 0.4) is 0 Å². The summed E-state index contributed by atoms with van der Waals surface area (Å²) in [5.41, 5.74) is 1.21. The number of amides is 1. The quantitative estimate of drug-likeness (QED) is 0.832. The molecule has 1 heterocycles. The second-order valence-electron chi connectivity index (χ2n) is 4.70. The number of carbonyl (C=O) groups is 1. The van der Waals surface area contributed by atoms with E-state index in [9.17, 15) is 4.79 Å². The van der Waals surface area contributed by atoms with Gasteiger partial charge in [0.2, 0.25) is 0 Å². The van der Waals surface area contributed by atoms with Crippen molar-refractivity contribution in [1.82, 2.24) is 4.90 Å². The molecule has 1 aliphatic rings. The van der Waals surface area contributed by atoms with Crippen molar-refractivity contribution in [2.24, 2.45) is 0 Å². The zero-order valence-electron chi connectivity index (χ0n) is 11.6. The molecule has 104 valence electrons. The third-order valence-corrected chi connectivity index (χ3v) is 3.29. The summed E-state index contributed by atoms with van der Waals surface area (Å²) in [5, 5.41) is 0. The molecule has 1 saturated heterocycles. The average molecular weight is 263 g/mol.